The lowest BCUT2D eigenvalue weighted by atomic mass is 10.1. The number of carbonyl (C=O) groups excluding carboxylic acids is 1. The van der Waals surface area contributed by atoms with Gasteiger partial charge in [0.15, 0.2) is 0 Å². The number of aryl methyl sites for hydroxylation is 1. The van der Waals surface area contributed by atoms with Crippen molar-refractivity contribution in [3.8, 4) is 0 Å². The van der Waals surface area contributed by atoms with Crippen molar-refractivity contribution in [3.05, 3.63) is 59.2 Å². The highest BCUT2D eigenvalue weighted by molar-refractivity contribution is 7.89. The molecule has 2 aromatic rings. The molecular weight excluding hydrogens is 338 g/mol. The molecule has 5 nitrogen and oxygen atoms in total. The van der Waals surface area contributed by atoms with Gasteiger partial charge in [-0.25, -0.2) is 21.9 Å². The largest absolute Gasteiger partial charge is 0.322 e. The quantitative estimate of drug-likeness (QED) is 0.867. The average Bonchev–Trinajstić information content (AvgIpc) is 2.51. The Hall–Kier alpha value is -2.32. The Morgan fingerprint density at radius 2 is 1.79 bits per heavy atom. The number of hydrogen-bond donors (Lipinski definition) is 2. The first-order chi connectivity index (χ1) is 11.2. The molecule has 0 fully saturated rings. The van der Waals surface area contributed by atoms with Crippen LogP contribution in [-0.4, -0.2) is 20.9 Å². The molecule has 24 heavy (non-hydrogen) atoms. The van der Waals surface area contributed by atoms with E-state index in [1.54, 1.807) is 13.8 Å². The van der Waals surface area contributed by atoms with E-state index in [9.17, 15) is 22.0 Å². The number of rotatable bonds is 5. The van der Waals surface area contributed by atoms with Crippen molar-refractivity contribution in [3.63, 3.8) is 0 Å². The molecule has 2 rings (SSSR count). The van der Waals surface area contributed by atoms with E-state index in [1.165, 1.54) is 12.1 Å². The van der Waals surface area contributed by atoms with E-state index in [2.05, 4.69) is 10.0 Å². The summed E-state index contributed by atoms with van der Waals surface area (Å²) in [5, 5.41) is 2.34. The lowest BCUT2D eigenvalue weighted by Gasteiger charge is -2.09. The number of carbonyl (C=O) groups is 1. The van der Waals surface area contributed by atoms with Crippen LogP contribution in [0.1, 0.15) is 22.8 Å². The zero-order valence-electron chi connectivity index (χ0n) is 13.1. The maximum atomic E-state index is 13.9. The predicted molar refractivity (Wildman–Crippen MR) is 86.4 cm³/mol. The molecule has 0 aliphatic carbocycles. The molecule has 2 N–H and O–H groups in total. The molecule has 2 aromatic carbocycles. The number of sulfonamides is 1. The molecule has 0 saturated heterocycles. The second kappa shape index (κ2) is 7.06. The molecule has 0 aliphatic rings. The van der Waals surface area contributed by atoms with Crippen LogP contribution in [0.3, 0.4) is 0 Å². The summed E-state index contributed by atoms with van der Waals surface area (Å²) in [6.07, 6.45) is 0. The van der Waals surface area contributed by atoms with Crippen LogP contribution in [0.4, 0.5) is 14.5 Å². The van der Waals surface area contributed by atoms with Gasteiger partial charge in [-0.15, -0.1) is 0 Å². The van der Waals surface area contributed by atoms with E-state index < -0.39 is 33.1 Å². The second-order valence-corrected chi connectivity index (χ2v) is 6.83. The summed E-state index contributed by atoms with van der Waals surface area (Å²) in [5.74, 6) is -2.27. The highest BCUT2D eigenvalue weighted by Gasteiger charge is 2.19. The molecule has 0 atom stereocenters. The van der Waals surface area contributed by atoms with E-state index in [0.29, 0.717) is 5.56 Å². The van der Waals surface area contributed by atoms with E-state index in [0.717, 1.165) is 24.3 Å². The van der Waals surface area contributed by atoms with E-state index in [1.807, 2.05) is 0 Å². The number of anilines is 1. The van der Waals surface area contributed by atoms with Gasteiger partial charge < -0.3 is 5.32 Å². The second-order valence-electron chi connectivity index (χ2n) is 5.06. The van der Waals surface area contributed by atoms with Gasteiger partial charge in [-0.2, -0.15) is 0 Å². The number of amides is 1. The molecule has 1 amide bonds. The Kier molecular flexibility index (Phi) is 5.30. The minimum absolute atomic E-state index is 0.141. The Bertz CT molecular complexity index is 883. The Morgan fingerprint density at radius 1 is 1.08 bits per heavy atom. The van der Waals surface area contributed by atoms with Gasteiger partial charge in [0.25, 0.3) is 5.91 Å². The van der Waals surface area contributed by atoms with Crippen LogP contribution >= 0.6 is 0 Å². The summed E-state index contributed by atoms with van der Waals surface area (Å²) in [6.45, 7) is 3.32. The fourth-order valence-electron chi connectivity index (χ4n) is 1.99. The summed E-state index contributed by atoms with van der Waals surface area (Å²) >= 11 is 0. The van der Waals surface area contributed by atoms with Crippen molar-refractivity contribution < 1.29 is 22.0 Å². The maximum Gasteiger partial charge on any atom is 0.258 e. The van der Waals surface area contributed by atoms with Crippen molar-refractivity contribution in [2.45, 2.75) is 18.7 Å². The summed E-state index contributed by atoms with van der Waals surface area (Å²) < 4.78 is 53.5. The smallest absolute Gasteiger partial charge is 0.258 e. The number of benzene rings is 2. The van der Waals surface area contributed by atoms with Crippen LogP contribution in [0.15, 0.2) is 41.3 Å². The fourth-order valence-corrected chi connectivity index (χ4v) is 3.05. The third kappa shape index (κ3) is 3.95. The Balaban J connectivity index is 2.33. The molecule has 0 aliphatic heterocycles. The van der Waals surface area contributed by atoms with E-state index in [-0.39, 0.29) is 17.1 Å². The van der Waals surface area contributed by atoms with E-state index >= 15 is 0 Å². The fraction of sp³-hybridized carbons (Fsp3) is 0.188. The highest BCUT2D eigenvalue weighted by atomic mass is 32.2. The van der Waals surface area contributed by atoms with Crippen molar-refractivity contribution in [1.82, 2.24) is 4.72 Å². The molecule has 0 spiro atoms. The van der Waals surface area contributed by atoms with Gasteiger partial charge in [0.05, 0.1) is 10.5 Å². The summed E-state index contributed by atoms with van der Waals surface area (Å²) in [6, 6.07) is 6.93. The monoisotopic (exact) mass is 354 g/mol. The van der Waals surface area contributed by atoms with Crippen LogP contribution in [0.25, 0.3) is 0 Å². The summed E-state index contributed by atoms with van der Waals surface area (Å²) in [7, 11) is -3.82. The SMILES string of the molecule is CCNS(=O)(=O)c1ccc(F)c(C(=O)Nc2ccc(C)c(F)c2)c1. The van der Waals surface area contributed by atoms with Gasteiger partial charge in [-0.05, 0) is 42.8 Å². The van der Waals surface area contributed by atoms with Gasteiger partial charge in [0.1, 0.15) is 11.6 Å². The van der Waals surface area contributed by atoms with Crippen molar-refractivity contribution in [1.29, 1.82) is 0 Å². The van der Waals surface area contributed by atoms with Crippen LogP contribution < -0.4 is 10.0 Å². The van der Waals surface area contributed by atoms with Crippen molar-refractivity contribution >= 4 is 21.6 Å². The van der Waals surface area contributed by atoms with Crippen molar-refractivity contribution in [2.24, 2.45) is 0 Å². The Morgan fingerprint density at radius 3 is 2.42 bits per heavy atom. The minimum atomic E-state index is -3.82. The number of nitrogens with one attached hydrogen (secondary N) is 2. The lowest BCUT2D eigenvalue weighted by molar-refractivity contribution is 0.102. The molecule has 0 saturated carbocycles. The lowest BCUT2D eigenvalue weighted by Crippen LogP contribution is -2.24. The topological polar surface area (TPSA) is 75.3 Å². The third-order valence-corrected chi connectivity index (χ3v) is 4.80. The standard InChI is InChI=1S/C16H16F2N2O3S/c1-3-19-24(22,23)12-6-7-14(17)13(9-12)16(21)20-11-5-4-10(2)15(18)8-11/h4-9,19H,3H2,1-2H3,(H,20,21). The van der Waals surface area contributed by atoms with Crippen LogP contribution in [0.5, 0.6) is 0 Å². The molecule has 128 valence electrons. The minimum Gasteiger partial charge on any atom is -0.322 e. The molecule has 0 heterocycles. The number of halogens is 2. The summed E-state index contributed by atoms with van der Waals surface area (Å²) in [4.78, 5) is 11.9. The zero-order chi connectivity index (χ0) is 17.9. The van der Waals surface area contributed by atoms with Crippen LogP contribution in [0, 0.1) is 18.6 Å². The van der Waals surface area contributed by atoms with Gasteiger partial charge in [-0.1, -0.05) is 13.0 Å². The normalized spacial score (nSPS) is 11.3. The molecule has 0 aromatic heterocycles. The van der Waals surface area contributed by atoms with Crippen LogP contribution in [0.2, 0.25) is 0 Å². The van der Waals surface area contributed by atoms with Gasteiger partial charge in [-0.3, -0.25) is 4.79 Å². The average molecular weight is 354 g/mol. The van der Waals surface area contributed by atoms with Gasteiger partial charge >= 0.3 is 0 Å². The third-order valence-electron chi connectivity index (χ3n) is 3.26. The molecule has 0 radical (unpaired) electrons. The summed E-state index contributed by atoms with van der Waals surface area (Å²) in [5.41, 5.74) is 0.0929. The molecular formula is C16H16F2N2O3S. The van der Waals surface area contributed by atoms with E-state index in [4.69, 9.17) is 0 Å². The van der Waals surface area contributed by atoms with Gasteiger partial charge in [0, 0.05) is 12.2 Å². The van der Waals surface area contributed by atoms with Crippen molar-refractivity contribution in [2.75, 3.05) is 11.9 Å². The Labute approximate surface area is 138 Å². The highest BCUT2D eigenvalue weighted by Crippen LogP contribution is 2.18. The predicted octanol–water partition coefficient (Wildman–Crippen LogP) is 2.82. The molecule has 0 unspecified atom stereocenters. The molecule has 8 heteroatoms. The van der Waals surface area contributed by atoms with Gasteiger partial charge in [0.2, 0.25) is 10.0 Å². The van der Waals surface area contributed by atoms with Crippen LogP contribution in [-0.2, 0) is 10.0 Å². The first-order valence-corrected chi connectivity index (χ1v) is 8.59. The maximum absolute atomic E-state index is 13.9. The zero-order valence-corrected chi connectivity index (χ0v) is 13.9. The molecule has 0 bridgehead atoms. The number of hydrogen-bond acceptors (Lipinski definition) is 3. The first-order valence-electron chi connectivity index (χ1n) is 7.11. The first kappa shape index (κ1) is 18.0.